The van der Waals surface area contributed by atoms with Gasteiger partial charge in [0.25, 0.3) is 0 Å². The van der Waals surface area contributed by atoms with Gasteiger partial charge >= 0.3 is 5.97 Å². The van der Waals surface area contributed by atoms with Crippen molar-refractivity contribution in [1.29, 1.82) is 5.41 Å². The lowest BCUT2D eigenvalue weighted by atomic mass is 9.91. The molecule has 0 aliphatic heterocycles. The van der Waals surface area contributed by atoms with Crippen LogP contribution in [0.15, 0.2) is 78.9 Å². The Bertz CT molecular complexity index is 1040. The summed E-state index contributed by atoms with van der Waals surface area (Å²) in [7, 11) is 0. The summed E-state index contributed by atoms with van der Waals surface area (Å²) >= 11 is 0. The number of carboxylic acid groups (broad SMARTS) is 1. The molecular formula is C27H27NO4. The molecule has 0 radical (unpaired) electrons. The van der Waals surface area contributed by atoms with E-state index in [1.807, 2.05) is 78.9 Å². The van der Waals surface area contributed by atoms with Gasteiger partial charge in [0.1, 0.15) is 24.7 Å². The Morgan fingerprint density at radius 1 is 0.906 bits per heavy atom. The summed E-state index contributed by atoms with van der Waals surface area (Å²) in [5, 5.41) is 17.3. The predicted octanol–water partition coefficient (Wildman–Crippen LogP) is 5.68. The van der Waals surface area contributed by atoms with Crippen molar-refractivity contribution in [2.24, 2.45) is 5.92 Å². The number of benzene rings is 3. The highest BCUT2D eigenvalue weighted by molar-refractivity contribution is 5.99. The van der Waals surface area contributed by atoms with Crippen molar-refractivity contribution in [2.45, 2.75) is 31.8 Å². The van der Waals surface area contributed by atoms with Crippen LogP contribution in [0.5, 0.6) is 11.5 Å². The summed E-state index contributed by atoms with van der Waals surface area (Å²) in [6.07, 6.45) is 2.41. The summed E-state index contributed by atoms with van der Waals surface area (Å²) in [4.78, 5) is 11.2. The SMILES string of the molecule is N=C(COc1ccc(COc2ccc(C(CC(=O)O)C3CC3)cc2)cc1)c1ccccc1. The highest BCUT2D eigenvalue weighted by atomic mass is 16.5. The minimum Gasteiger partial charge on any atom is -0.489 e. The molecule has 1 aliphatic rings. The van der Waals surface area contributed by atoms with Crippen LogP contribution in [0.3, 0.4) is 0 Å². The van der Waals surface area contributed by atoms with E-state index in [1.54, 1.807) is 0 Å². The third kappa shape index (κ3) is 5.97. The molecule has 0 saturated heterocycles. The van der Waals surface area contributed by atoms with Crippen LogP contribution in [0.4, 0.5) is 0 Å². The molecule has 0 amide bonds. The first-order valence-corrected chi connectivity index (χ1v) is 10.9. The van der Waals surface area contributed by atoms with E-state index < -0.39 is 5.97 Å². The van der Waals surface area contributed by atoms with Gasteiger partial charge in [-0.15, -0.1) is 0 Å². The molecule has 32 heavy (non-hydrogen) atoms. The van der Waals surface area contributed by atoms with Crippen LogP contribution in [0.1, 0.15) is 41.9 Å². The van der Waals surface area contributed by atoms with E-state index in [9.17, 15) is 9.90 Å². The third-order valence-electron chi connectivity index (χ3n) is 5.73. The number of hydrogen-bond acceptors (Lipinski definition) is 4. The minimum atomic E-state index is -0.744. The largest absolute Gasteiger partial charge is 0.489 e. The molecule has 5 nitrogen and oxygen atoms in total. The minimum absolute atomic E-state index is 0.0949. The summed E-state index contributed by atoms with van der Waals surface area (Å²) in [6.45, 7) is 0.649. The standard InChI is InChI=1S/C27H27NO4/c28-26(22-4-2-1-3-5-22)18-32-23-12-6-19(7-13-23)17-31-24-14-10-21(11-15-24)25(16-27(29)30)20-8-9-20/h1-7,10-15,20,25,28H,8-9,16-18H2,(H,29,30). The second-order valence-electron chi connectivity index (χ2n) is 8.18. The van der Waals surface area contributed by atoms with E-state index in [4.69, 9.17) is 14.9 Å². The summed E-state index contributed by atoms with van der Waals surface area (Å²) in [5.74, 6) is 1.32. The van der Waals surface area contributed by atoms with Crippen LogP contribution in [0, 0.1) is 11.3 Å². The Morgan fingerprint density at radius 2 is 1.53 bits per heavy atom. The topological polar surface area (TPSA) is 79.6 Å². The first-order chi connectivity index (χ1) is 15.6. The molecule has 3 aromatic rings. The Hall–Kier alpha value is -3.60. The van der Waals surface area contributed by atoms with Gasteiger partial charge in [-0.05, 0) is 65.6 Å². The van der Waals surface area contributed by atoms with Gasteiger partial charge in [0.05, 0.1) is 12.1 Å². The van der Waals surface area contributed by atoms with Crippen molar-refractivity contribution >= 4 is 11.7 Å². The molecule has 164 valence electrons. The van der Waals surface area contributed by atoms with Gasteiger partial charge in [-0.3, -0.25) is 4.79 Å². The van der Waals surface area contributed by atoms with E-state index in [2.05, 4.69) is 0 Å². The fourth-order valence-corrected chi connectivity index (χ4v) is 3.78. The Morgan fingerprint density at radius 3 is 2.16 bits per heavy atom. The van der Waals surface area contributed by atoms with E-state index >= 15 is 0 Å². The number of ether oxygens (including phenoxy) is 2. The average Bonchev–Trinajstić information content (AvgIpc) is 3.66. The quantitative estimate of drug-likeness (QED) is 0.384. The molecule has 1 atom stereocenters. The highest BCUT2D eigenvalue weighted by Gasteiger charge is 2.33. The Kier molecular flexibility index (Phi) is 6.85. The van der Waals surface area contributed by atoms with Crippen LogP contribution in [0.2, 0.25) is 0 Å². The number of aliphatic carboxylic acids is 1. The molecule has 4 rings (SSSR count). The van der Waals surface area contributed by atoms with E-state index in [0.717, 1.165) is 35.3 Å². The van der Waals surface area contributed by atoms with Crippen LogP contribution in [-0.2, 0) is 11.4 Å². The average molecular weight is 430 g/mol. The van der Waals surface area contributed by atoms with Gasteiger partial charge in [0.15, 0.2) is 0 Å². The highest BCUT2D eigenvalue weighted by Crippen LogP contribution is 2.44. The molecule has 1 unspecified atom stereocenters. The summed E-state index contributed by atoms with van der Waals surface area (Å²) in [6, 6.07) is 25.0. The maximum absolute atomic E-state index is 11.2. The maximum atomic E-state index is 11.2. The number of carboxylic acids is 1. The number of nitrogens with one attached hydrogen (secondary N) is 1. The summed E-state index contributed by atoms with van der Waals surface area (Å²) in [5.41, 5.74) is 3.38. The van der Waals surface area contributed by atoms with Crippen LogP contribution in [-0.4, -0.2) is 23.4 Å². The van der Waals surface area contributed by atoms with Gasteiger partial charge in [-0.25, -0.2) is 0 Å². The van der Waals surface area contributed by atoms with Crippen molar-refractivity contribution in [3.8, 4) is 11.5 Å². The molecular weight excluding hydrogens is 402 g/mol. The molecule has 0 heterocycles. The monoisotopic (exact) mass is 429 g/mol. The zero-order valence-corrected chi connectivity index (χ0v) is 17.9. The van der Waals surface area contributed by atoms with Crippen molar-refractivity contribution in [1.82, 2.24) is 0 Å². The number of hydrogen-bond donors (Lipinski definition) is 2. The van der Waals surface area contributed by atoms with Gasteiger partial charge in [0, 0.05) is 0 Å². The molecule has 1 aliphatic carbocycles. The Balaban J connectivity index is 1.27. The maximum Gasteiger partial charge on any atom is 0.303 e. The molecule has 0 spiro atoms. The lowest BCUT2D eigenvalue weighted by molar-refractivity contribution is -0.137. The molecule has 5 heteroatoms. The summed E-state index contributed by atoms with van der Waals surface area (Å²) < 4.78 is 11.6. The fraction of sp³-hybridized carbons (Fsp3) is 0.259. The second kappa shape index (κ2) is 10.1. The molecule has 0 bridgehead atoms. The first-order valence-electron chi connectivity index (χ1n) is 10.9. The van der Waals surface area contributed by atoms with Crippen molar-refractivity contribution < 1.29 is 19.4 Å². The van der Waals surface area contributed by atoms with E-state index in [1.165, 1.54) is 0 Å². The van der Waals surface area contributed by atoms with Crippen molar-refractivity contribution in [2.75, 3.05) is 6.61 Å². The lowest BCUT2D eigenvalue weighted by Gasteiger charge is -2.15. The van der Waals surface area contributed by atoms with Crippen LogP contribution in [0.25, 0.3) is 0 Å². The van der Waals surface area contributed by atoms with E-state index in [-0.39, 0.29) is 18.9 Å². The zero-order chi connectivity index (χ0) is 22.3. The van der Waals surface area contributed by atoms with Crippen molar-refractivity contribution in [3.63, 3.8) is 0 Å². The smallest absolute Gasteiger partial charge is 0.303 e. The molecule has 1 fully saturated rings. The zero-order valence-electron chi connectivity index (χ0n) is 17.9. The van der Waals surface area contributed by atoms with Gasteiger partial charge in [-0.1, -0.05) is 54.6 Å². The van der Waals surface area contributed by atoms with Gasteiger partial charge < -0.3 is 20.0 Å². The van der Waals surface area contributed by atoms with Crippen molar-refractivity contribution in [3.05, 3.63) is 95.6 Å². The molecule has 1 saturated carbocycles. The van der Waals surface area contributed by atoms with Gasteiger partial charge in [-0.2, -0.15) is 0 Å². The molecule has 3 aromatic carbocycles. The fourth-order valence-electron chi connectivity index (χ4n) is 3.78. The van der Waals surface area contributed by atoms with Crippen LogP contribution < -0.4 is 9.47 Å². The first kappa shape index (κ1) is 21.6. The number of carbonyl (C=O) groups is 1. The lowest BCUT2D eigenvalue weighted by Crippen LogP contribution is -2.11. The molecule has 2 N–H and O–H groups in total. The predicted molar refractivity (Wildman–Crippen MR) is 124 cm³/mol. The third-order valence-corrected chi connectivity index (χ3v) is 5.73. The number of rotatable bonds is 11. The van der Waals surface area contributed by atoms with Gasteiger partial charge in [0.2, 0.25) is 0 Å². The normalized spacial score (nSPS) is 13.9. The van der Waals surface area contributed by atoms with E-state index in [0.29, 0.717) is 24.0 Å². The second-order valence-corrected chi connectivity index (χ2v) is 8.18. The Labute approximate surface area is 188 Å². The van der Waals surface area contributed by atoms with Crippen LogP contribution >= 0.6 is 0 Å². The molecule has 0 aromatic heterocycles.